The molecule has 0 saturated heterocycles. The molecule has 138 valence electrons. The molecule has 3 heterocycles. The maximum atomic E-state index is 12.9. The molecule has 4 aliphatic rings. The van der Waals surface area contributed by atoms with E-state index in [1.54, 1.807) is 17.8 Å². The van der Waals surface area contributed by atoms with Crippen LogP contribution in [0.1, 0.15) is 22.8 Å². The summed E-state index contributed by atoms with van der Waals surface area (Å²) in [6.45, 7) is 0. The van der Waals surface area contributed by atoms with Crippen LogP contribution in [-0.4, -0.2) is 27.3 Å². The molecule has 1 aromatic heterocycles. The Morgan fingerprint density at radius 3 is 2.85 bits per heavy atom. The molecule has 2 aliphatic heterocycles. The number of thiazole rings is 1. The summed E-state index contributed by atoms with van der Waals surface area (Å²) in [6, 6.07) is 7.47. The average Bonchev–Trinajstić information content (AvgIpc) is 3.29. The zero-order valence-electron chi connectivity index (χ0n) is 14.0. The molecule has 2 saturated carbocycles. The molecule has 0 spiro atoms. The van der Waals surface area contributed by atoms with Crippen LogP contribution in [0.5, 0.6) is 5.75 Å². The number of aromatic amines is 1. The molecule has 1 aromatic carbocycles. The van der Waals surface area contributed by atoms with Gasteiger partial charge in [0.15, 0.2) is 0 Å². The lowest BCUT2D eigenvalue weighted by Crippen LogP contribution is -2.49. The van der Waals surface area contributed by atoms with E-state index < -0.39 is 23.8 Å². The summed E-state index contributed by atoms with van der Waals surface area (Å²) in [4.78, 5) is 40.9. The fourth-order valence-electron chi connectivity index (χ4n) is 5.95. The summed E-state index contributed by atoms with van der Waals surface area (Å²) < 4.78 is 5.72. The molecule has 2 fully saturated rings. The molecule has 8 heteroatoms. The molecule has 2 aliphatic carbocycles. The summed E-state index contributed by atoms with van der Waals surface area (Å²) in [5, 5.41) is 10.8. The van der Waals surface area contributed by atoms with Crippen molar-refractivity contribution in [2.45, 2.75) is 22.6 Å². The van der Waals surface area contributed by atoms with Crippen LogP contribution in [0.15, 0.2) is 34.1 Å². The Labute approximate surface area is 161 Å². The second kappa shape index (κ2) is 5.26. The number of hydrogen-bond acceptors (Lipinski definition) is 6. The first-order valence-electron chi connectivity index (χ1n) is 8.97. The number of thioether (sulfide) groups is 1. The third kappa shape index (κ3) is 1.95. The van der Waals surface area contributed by atoms with Crippen molar-refractivity contribution in [2.75, 3.05) is 0 Å². The molecule has 7 atom stereocenters. The molecule has 27 heavy (non-hydrogen) atoms. The lowest BCUT2D eigenvalue weighted by molar-refractivity contribution is -0.156. The first kappa shape index (κ1) is 15.9. The maximum absolute atomic E-state index is 12.9. The number of nitrogens with one attached hydrogen (secondary N) is 1. The largest absolute Gasteiger partial charge is 0.481 e. The van der Waals surface area contributed by atoms with Crippen molar-refractivity contribution in [1.29, 1.82) is 0 Å². The van der Waals surface area contributed by atoms with Gasteiger partial charge in [-0.2, -0.15) is 0 Å². The second-order valence-electron chi connectivity index (χ2n) is 7.76. The van der Waals surface area contributed by atoms with Gasteiger partial charge in [-0.3, -0.25) is 14.4 Å². The first-order chi connectivity index (χ1) is 13.0. The number of carboxylic acids is 1. The third-order valence-electron chi connectivity index (χ3n) is 6.73. The second-order valence-corrected chi connectivity index (χ2v) is 9.96. The number of aliphatic carboxylic acids is 1. The van der Waals surface area contributed by atoms with Crippen molar-refractivity contribution >= 4 is 35.0 Å². The number of benzene rings is 1. The van der Waals surface area contributed by atoms with Crippen LogP contribution in [0.25, 0.3) is 0 Å². The van der Waals surface area contributed by atoms with Gasteiger partial charge >= 0.3 is 16.8 Å². The minimum absolute atomic E-state index is 0.0233. The number of fused-ring (bicyclic) bond motifs is 6. The molecule has 0 amide bonds. The number of carbonyl (C=O) groups excluding carboxylic acids is 1. The first-order valence-corrected chi connectivity index (χ1v) is 10.7. The normalized spacial score (nSPS) is 37.8. The van der Waals surface area contributed by atoms with E-state index >= 15 is 0 Å². The summed E-state index contributed by atoms with van der Waals surface area (Å²) in [5.74, 6) is -2.16. The predicted molar refractivity (Wildman–Crippen MR) is 98.2 cm³/mol. The molecule has 6 nitrogen and oxygen atoms in total. The summed E-state index contributed by atoms with van der Waals surface area (Å²) in [6.07, 6.45) is 0.733. The van der Waals surface area contributed by atoms with E-state index in [9.17, 15) is 19.5 Å². The fourth-order valence-corrected chi connectivity index (χ4v) is 8.83. The smallest absolute Gasteiger partial charge is 0.315 e. The van der Waals surface area contributed by atoms with Crippen LogP contribution < -0.4 is 9.61 Å². The number of carboxylic acid groups (broad SMARTS) is 1. The Hall–Kier alpha value is -2.06. The van der Waals surface area contributed by atoms with Gasteiger partial charge in [-0.25, -0.2) is 0 Å². The van der Waals surface area contributed by atoms with Crippen molar-refractivity contribution in [3.63, 3.8) is 0 Å². The van der Waals surface area contributed by atoms with Crippen molar-refractivity contribution in [1.82, 2.24) is 4.98 Å². The zero-order valence-corrected chi connectivity index (χ0v) is 15.6. The van der Waals surface area contributed by atoms with Crippen LogP contribution in [0.2, 0.25) is 0 Å². The van der Waals surface area contributed by atoms with Crippen molar-refractivity contribution < 1.29 is 19.4 Å². The Kier molecular flexibility index (Phi) is 3.11. The van der Waals surface area contributed by atoms with E-state index in [1.807, 2.05) is 18.2 Å². The van der Waals surface area contributed by atoms with E-state index in [1.165, 1.54) is 11.3 Å². The van der Waals surface area contributed by atoms with Gasteiger partial charge < -0.3 is 14.8 Å². The monoisotopic (exact) mass is 401 g/mol. The van der Waals surface area contributed by atoms with Crippen molar-refractivity contribution in [2.24, 2.45) is 29.6 Å². The van der Waals surface area contributed by atoms with Crippen molar-refractivity contribution in [3.8, 4) is 5.75 Å². The Bertz CT molecular complexity index is 1060. The number of carbonyl (C=O) groups is 2. The number of H-pyrrole nitrogens is 1. The maximum Gasteiger partial charge on any atom is 0.315 e. The van der Waals surface area contributed by atoms with Gasteiger partial charge in [0.25, 0.3) is 0 Å². The molecular weight excluding hydrogens is 386 g/mol. The molecular formula is C19H15NO5S2. The molecule has 6 rings (SSSR count). The quantitative estimate of drug-likeness (QED) is 0.563. The van der Waals surface area contributed by atoms with Crippen molar-refractivity contribution in [3.05, 3.63) is 44.4 Å². The molecule has 2 aromatic rings. The van der Waals surface area contributed by atoms with Crippen LogP contribution in [0.4, 0.5) is 0 Å². The highest BCUT2D eigenvalue weighted by Gasteiger charge is 2.67. The number of esters is 1. The Morgan fingerprint density at radius 1 is 1.22 bits per heavy atom. The topological polar surface area (TPSA) is 96.5 Å². The highest BCUT2D eigenvalue weighted by molar-refractivity contribution is 8.00. The third-order valence-corrected chi connectivity index (χ3v) is 9.32. The van der Waals surface area contributed by atoms with E-state index in [-0.39, 0.29) is 33.8 Å². The number of aromatic nitrogens is 1. The number of ether oxygens (including phenoxy) is 1. The zero-order chi connectivity index (χ0) is 18.4. The molecule has 2 bridgehead atoms. The fraction of sp³-hybridized carbons (Fsp3) is 0.421. The Morgan fingerprint density at radius 2 is 2.04 bits per heavy atom. The van der Waals surface area contributed by atoms with Crippen LogP contribution >= 0.6 is 23.1 Å². The van der Waals surface area contributed by atoms with E-state index in [2.05, 4.69) is 4.98 Å². The highest BCUT2D eigenvalue weighted by atomic mass is 32.2. The minimum atomic E-state index is -0.918. The van der Waals surface area contributed by atoms with E-state index in [0.29, 0.717) is 5.75 Å². The molecule has 2 N–H and O–H groups in total. The Balaban J connectivity index is 1.64. The van der Waals surface area contributed by atoms with Gasteiger partial charge in [0, 0.05) is 21.6 Å². The van der Waals surface area contributed by atoms with Gasteiger partial charge in [-0.1, -0.05) is 29.5 Å². The van der Waals surface area contributed by atoms with Gasteiger partial charge in [-0.05, 0) is 30.2 Å². The number of para-hydroxylation sites is 1. The van der Waals surface area contributed by atoms with E-state index in [4.69, 9.17) is 4.74 Å². The minimum Gasteiger partial charge on any atom is -0.481 e. The van der Waals surface area contributed by atoms with Crippen LogP contribution in [0.3, 0.4) is 0 Å². The van der Waals surface area contributed by atoms with Crippen LogP contribution in [0, 0.1) is 29.6 Å². The SMILES string of the molecule is O=C(O)C1C2CC3C1C(=O)Oc1ccccc1C1c4sc(=O)[nH]c4SC2C13. The van der Waals surface area contributed by atoms with Gasteiger partial charge in [0.05, 0.1) is 16.9 Å². The average molecular weight is 401 g/mol. The van der Waals surface area contributed by atoms with Gasteiger partial charge in [0.2, 0.25) is 0 Å². The predicted octanol–water partition coefficient (Wildman–Crippen LogP) is 2.54. The summed E-state index contributed by atoms with van der Waals surface area (Å²) in [7, 11) is 0. The lowest BCUT2D eigenvalue weighted by atomic mass is 9.66. The van der Waals surface area contributed by atoms with Gasteiger partial charge in [-0.15, -0.1) is 11.8 Å². The summed E-state index contributed by atoms with van der Waals surface area (Å²) >= 11 is 2.83. The van der Waals surface area contributed by atoms with Crippen LogP contribution in [-0.2, 0) is 9.59 Å². The van der Waals surface area contributed by atoms with E-state index in [0.717, 1.165) is 21.9 Å². The molecule has 7 unspecified atom stereocenters. The van der Waals surface area contributed by atoms with Gasteiger partial charge in [0.1, 0.15) is 5.75 Å². The standard InChI is InChI=1S/C19H15NO5S2/c21-17(22)12-8-5-7-11-10(15-16(26-14(8)11)20-19(24)27-15)6-3-1-2-4-9(6)25-18(23)13(7)12/h1-4,7-8,10-14H,5H2,(H,20,24)(H,21,22). The number of rotatable bonds is 1. The lowest BCUT2D eigenvalue weighted by Gasteiger charge is -2.45. The summed E-state index contributed by atoms with van der Waals surface area (Å²) in [5.41, 5.74) is 0.926. The molecule has 0 radical (unpaired) electrons. The highest BCUT2D eigenvalue weighted by Crippen LogP contribution is 2.68. The number of hydrogen-bond donors (Lipinski definition) is 2.